The van der Waals surface area contributed by atoms with Crippen LogP contribution in [0.3, 0.4) is 0 Å². The molecular formula is C18H16F3N3O3S. The minimum atomic E-state index is -4.44. The Kier molecular flexibility index (Phi) is 5.41. The summed E-state index contributed by atoms with van der Waals surface area (Å²) in [5.74, 6) is 0.462. The van der Waals surface area contributed by atoms with Crippen molar-refractivity contribution >= 4 is 26.6 Å². The first-order chi connectivity index (χ1) is 13.1. The van der Waals surface area contributed by atoms with Gasteiger partial charge in [0.15, 0.2) is 16.4 Å². The molecule has 10 heteroatoms. The molecule has 2 aromatic carbocycles. The molecule has 0 aliphatic carbocycles. The molecule has 0 bridgehead atoms. The van der Waals surface area contributed by atoms with Crippen molar-refractivity contribution in [1.29, 1.82) is 0 Å². The summed E-state index contributed by atoms with van der Waals surface area (Å²) in [5.41, 5.74) is 1.03. The van der Waals surface area contributed by atoms with Crippen molar-refractivity contribution in [1.82, 2.24) is 9.97 Å². The van der Waals surface area contributed by atoms with Gasteiger partial charge in [0.1, 0.15) is 17.9 Å². The lowest BCUT2D eigenvalue weighted by Crippen LogP contribution is -2.20. The topological polar surface area (TPSA) is 81.2 Å². The van der Waals surface area contributed by atoms with E-state index in [-0.39, 0.29) is 17.2 Å². The summed E-state index contributed by atoms with van der Waals surface area (Å²) in [6.45, 7) is -1.26. The molecule has 3 aromatic rings. The zero-order chi connectivity index (χ0) is 20.4. The number of halogens is 3. The van der Waals surface area contributed by atoms with E-state index in [1.165, 1.54) is 24.5 Å². The molecule has 0 unspecified atom stereocenters. The highest BCUT2D eigenvalue weighted by Gasteiger charge is 2.28. The van der Waals surface area contributed by atoms with Gasteiger partial charge in [0.2, 0.25) is 0 Å². The third kappa shape index (κ3) is 4.89. The monoisotopic (exact) mass is 411 g/mol. The van der Waals surface area contributed by atoms with E-state index >= 15 is 0 Å². The Labute approximate surface area is 159 Å². The van der Waals surface area contributed by atoms with E-state index in [1.807, 2.05) is 0 Å². The molecule has 0 fully saturated rings. The highest BCUT2D eigenvalue weighted by atomic mass is 32.2. The van der Waals surface area contributed by atoms with Gasteiger partial charge < -0.3 is 10.1 Å². The third-order valence-electron chi connectivity index (χ3n) is 3.85. The number of nitrogens with one attached hydrogen (secondary N) is 1. The molecule has 1 N–H and O–H groups in total. The van der Waals surface area contributed by atoms with Crippen LogP contribution in [0.5, 0.6) is 5.75 Å². The van der Waals surface area contributed by atoms with Crippen molar-refractivity contribution in [2.75, 3.05) is 18.2 Å². The number of aromatic nitrogens is 2. The average Bonchev–Trinajstić information content (AvgIpc) is 2.63. The fourth-order valence-corrected chi connectivity index (χ4v) is 3.18. The Morgan fingerprint density at radius 1 is 1.11 bits per heavy atom. The number of ether oxygens (including phenoxy) is 1. The van der Waals surface area contributed by atoms with E-state index in [0.29, 0.717) is 22.3 Å². The van der Waals surface area contributed by atoms with Crippen LogP contribution in [-0.2, 0) is 16.4 Å². The molecule has 0 radical (unpaired) electrons. The Bertz CT molecular complexity index is 1100. The van der Waals surface area contributed by atoms with Crippen LogP contribution in [-0.4, -0.2) is 37.4 Å². The fraction of sp³-hybridized carbons (Fsp3) is 0.222. The van der Waals surface area contributed by atoms with E-state index in [2.05, 4.69) is 15.3 Å². The van der Waals surface area contributed by atoms with E-state index < -0.39 is 22.6 Å². The minimum absolute atomic E-state index is 0.0995. The molecular weight excluding hydrogens is 395 g/mol. The molecule has 0 aliphatic heterocycles. The zero-order valence-electron chi connectivity index (χ0n) is 14.7. The second-order valence-electron chi connectivity index (χ2n) is 6.04. The van der Waals surface area contributed by atoms with Crippen LogP contribution >= 0.6 is 0 Å². The molecule has 1 aromatic heterocycles. The van der Waals surface area contributed by atoms with Gasteiger partial charge in [0.05, 0.1) is 10.4 Å². The Morgan fingerprint density at radius 3 is 2.57 bits per heavy atom. The maximum absolute atomic E-state index is 12.4. The van der Waals surface area contributed by atoms with Crippen LogP contribution in [0.2, 0.25) is 0 Å². The van der Waals surface area contributed by atoms with Crippen molar-refractivity contribution < 1.29 is 26.3 Å². The largest absolute Gasteiger partial charge is 0.484 e. The Balaban J connectivity index is 1.86. The van der Waals surface area contributed by atoms with E-state index in [0.717, 1.165) is 6.26 Å². The first kappa shape index (κ1) is 19.9. The minimum Gasteiger partial charge on any atom is -0.484 e. The summed E-state index contributed by atoms with van der Waals surface area (Å²) in [6, 6.07) is 10.8. The number of hydrogen-bond acceptors (Lipinski definition) is 6. The van der Waals surface area contributed by atoms with Crippen LogP contribution in [0.4, 0.5) is 19.0 Å². The van der Waals surface area contributed by atoms with Gasteiger partial charge in [-0.15, -0.1) is 0 Å². The van der Waals surface area contributed by atoms with Gasteiger partial charge >= 0.3 is 6.18 Å². The van der Waals surface area contributed by atoms with Gasteiger partial charge in [0.25, 0.3) is 0 Å². The second kappa shape index (κ2) is 7.63. The lowest BCUT2D eigenvalue weighted by atomic mass is 10.2. The normalized spacial score (nSPS) is 12.1. The van der Waals surface area contributed by atoms with Crippen LogP contribution < -0.4 is 10.1 Å². The van der Waals surface area contributed by atoms with Crippen LogP contribution in [0.25, 0.3) is 10.9 Å². The number of fused-ring (bicyclic) bond motifs is 1. The predicted molar refractivity (Wildman–Crippen MR) is 98.0 cm³/mol. The van der Waals surface area contributed by atoms with E-state index in [9.17, 15) is 21.6 Å². The van der Waals surface area contributed by atoms with Crippen molar-refractivity contribution in [2.24, 2.45) is 0 Å². The molecule has 0 amide bonds. The SMILES string of the molecule is CS(=O)(=O)c1ccc2ncnc(NCc3ccccc3OCC(F)(F)F)c2c1. The van der Waals surface area contributed by atoms with Gasteiger partial charge in [-0.05, 0) is 24.3 Å². The number of anilines is 1. The van der Waals surface area contributed by atoms with Gasteiger partial charge in [-0.25, -0.2) is 18.4 Å². The molecule has 0 aliphatic rings. The highest BCUT2D eigenvalue weighted by Crippen LogP contribution is 2.26. The molecule has 6 nitrogen and oxygen atoms in total. The Morgan fingerprint density at radius 2 is 1.86 bits per heavy atom. The van der Waals surface area contributed by atoms with Crippen molar-refractivity contribution in [3.05, 3.63) is 54.4 Å². The smallest absolute Gasteiger partial charge is 0.422 e. The average molecular weight is 411 g/mol. The van der Waals surface area contributed by atoms with E-state index in [4.69, 9.17) is 4.74 Å². The van der Waals surface area contributed by atoms with Crippen molar-refractivity contribution in [2.45, 2.75) is 17.6 Å². The molecule has 0 atom stereocenters. The fourth-order valence-electron chi connectivity index (χ4n) is 2.54. The Hall–Kier alpha value is -2.88. The number of benzene rings is 2. The van der Waals surface area contributed by atoms with Crippen molar-refractivity contribution in [3.63, 3.8) is 0 Å². The molecule has 148 valence electrons. The lowest BCUT2D eigenvalue weighted by molar-refractivity contribution is -0.153. The highest BCUT2D eigenvalue weighted by molar-refractivity contribution is 7.90. The number of nitrogens with zero attached hydrogens (tertiary/aromatic N) is 2. The van der Waals surface area contributed by atoms with Gasteiger partial charge in [-0.1, -0.05) is 18.2 Å². The van der Waals surface area contributed by atoms with Crippen LogP contribution in [0, 0.1) is 0 Å². The molecule has 28 heavy (non-hydrogen) atoms. The summed E-state index contributed by atoms with van der Waals surface area (Å²) < 4.78 is 65.7. The van der Waals surface area contributed by atoms with Crippen molar-refractivity contribution in [3.8, 4) is 5.75 Å². The summed E-state index contributed by atoms with van der Waals surface area (Å²) in [7, 11) is -3.42. The van der Waals surface area contributed by atoms with Crippen LogP contribution in [0.15, 0.2) is 53.7 Å². The number of sulfone groups is 1. The number of rotatable bonds is 6. The molecule has 0 saturated carbocycles. The molecule has 1 heterocycles. The molecule has 3 rings (SSSR count). The molecule has 0 spiro atoms. The van der Waals surface area contributed by atoms with Gasteiger partial charge in [-0.2, -0.15) is 13.2 Å². The number of hydrogen-bond donors (Lipinski definition) is 1. The lowest BCUT2D eigenvalue weighted by Gasteiger charge is -2.14. The zero-order valence-corrected chi connectivity index (χ0v) is 15.5. The first-order valence-electron chi connectivity index (χ1n) is 8.10. The number of para-hydroxylation sites is 1. The maximum Gasteiger partial charge on any atom is 0.422 e. The van der Waals surface area contributed by atoms with E-state index in [1.54, 1.807) is 24.3 Å². The number of alkyl halides is 3. The first-order valence-corrected chi connectivity index (χ1v) is 9.99. The quantitative estimate of drug-likeness (QED) is 0.668. The second-order valence-corrected chi connectivity index (χ2v) is 8.05. The standard InChI is InChI=1S/C18H16F3N3O3S/c1-28(25,26)13-6-7-15-14(8-13)17(24-11-23-15)22-9-12-4-2-3-5-16(12)27-10-18(19,20)21/h2-8,11H,9-10H2,1H3,(H,22,23,24). The summed E-state index contributed by atoms with van der Waals surface area (Å²) in [6.07, 6.45) is -2.03. The van der Waals surface area contributed by atoms with Crippen LogP contribution in [0.1, 0.15) is 5.56 Å². The summed E-state index contributed by atoms with van der Waals surface area (Å²) in [5, 5.41) is 3.50. The molecule has 0 saturated heterocycles. The van der Waals surface area contributed by atoms with Gasteiger partial charge in [0, 0.05) is 23.8 Å². The maximum atomic E-state index is 12.4. The summed E-state index contributed by atoms with van der Waals surface area (Å²) >= 11 is 0. The van der Waals surface area contributed by atoms with Gasteiger partial charge in [-0.3, -0.25) is 0 Å². The third-order valence-corrected chi connectivity index (χ3v) is 4.96. The summed E-state index contributed by atoms with van der Waals surface area (Å²) in [4.78, 5) is 8.34. The predicted octanol–water partition coefficient (Wildman–Crippen LogP) is 3.59.